The van der Waals surface area contributed by atoms with Gasteiger partial charge in [0.1, 0.15) is 0 Å². The molecule has 2 aromatic rings. The molecule has 22 heavy (non-hydrogen) atoms. The third kappa shape index (κ3) is 3.43. The van der Waals surface area contributed by atoms with E-state index in [1.54, 1.807) is 24.3 Å². The summed E-state index contributed by atoms with van der Waals surface area (Å²) in [7, 11) is 0. The number of amides is 1. The molecular formula is C15H17N3O4. The number of hydrogen-bond donors (Lipinski definition) is 2. The number of rotatable bonds is 4. The predicted octanol–water partition coefficient (Wildman–Crippen LogP) is 1.19. The number of ether oxygens (including phenoxy) is 1. The van der Waals surface area contributed by atoms with Gasteiger partial charge in [0, 0.05) is 24.3 Å². The largest absolute Gasteiger partial charge is 0.439 e. The molecule has 0 radical (unpaired) electrons. The van der Waals surface area contributed by atoms with Crippen molar-refractivity contribution in [2.45, 2.75) is 12.8 Å². The normalized spacial score (nSPS) is 18.1. The number of benzene rings is 1. The molecule has 3 rings (SSSR count). The predicted molar refractivity (Wildman–Crippen MR) is 78.4 cm³/mol. The standard InChI is InChI=1S/C15H17N3O4/c19-14(16-8-10-3-2-6-21-9-10)12-5-1-4-11(7-12)13-17-15(20)22-18-13/h1,4-5,7,10H,2-3,6,8-9H2,(H,16,19)(H,17,18,20). The van der Waals surface area contributed by atoms with Gasteiger partial charge in [-0.3, -0.25) is 14.3 Å². The number of hydrogen-bond acceptors (Lipinski definition) is 5. The van der Waals surface area contributed by atoms with E-state index in [4.69, 9.17) is 4.74 Å². The number of carbonyl (C=O) groups is 1. The van der Waals surface area contributed by atoms with Crippen molar-refractivity contribution in [2.24, 2.45) is 5.92 Å². The van der Waals surface area contributed by atoms with Crippen molar-refractivity contribution in [3.05, 3.63) is 40.4 Å². The molecule has 1 fully saturated rings. The third-order valence-corrected chi connectivity index (χ3v) is 3.64. The van der Waals surface area contributed by atoms with E-state index in [1.165, 1.54) is 0 Å². The van der Waals surface area contributed by atoms with Gasteiger partial charge >= 0.3 is 5.76 Å². The van der Waals surface area contributed by atoms with E-state index in [1.807, 2.05) is 0 Å². The molecule has 1 aromatic carbocycles. The van der Waals surface area contributed by atoms with Crippen molar-refractivity contribution >= 4 is 5.91 Å². The van der Waals surface area contributed by atoms with E-state index < -0.39 is 5.76 Å². The van der Waals surface area contributed by atoms with Crippen LogP contribution in [0, 0.1) is 5.92 Å². The molecule has 1 unspecified atom stereocenters. The average molecular weight is 303 g/mol. The van der Waals surface area contributed by atoms with Crippen molar-refractivity contribution in [3.63, 3.8) is 0 Å². The lowest BCUT2D eigenvalue weighted by Gasteiger charge is -2.22. The van der Waals surface area contributed by atoms with Crippen LogP contribution < -0.4 is 11.1 Å². The number of nitrogens with zero attached hydrogens (tertiary/aromatic N) is 1. The molecule has 1 aliphatic heterocycles. The van der Waals surface area contributed by atoms with Crippen LogP contribution in [0.3, 0.4) is 0 Å². The molecular weight excluding hydrogens is 286 g/mol. The molecule has 7 heteroatoms. The maximum Gasteiger partial charge on any atom is 0.439 e. The van der Waals surface area contributed by atoms with E-state index in [9.17, 15) is 9.59 Å². The SMILES string of the molecule is O=C(NCC1CCCOC1)c1cccc(-c2noc(=O)[nH]2)c1. The van der Waals surface area contributed by atoms with E-state index in [0.29, 0.717) is 36.0 Å². The first-order valence-corrected chi connectivity index (χ1v) is 7.25. The van der Waals surface area contributed by atoms with Crippen LogP contribution in [0.2, 0.25) is 0 Å². The fourth-order valence-electron chi connectivity index (χ4n) is 2.47. The first kappa shape index (κ1) is 14.5. The van der Waals surface area contributed by atoms with Crippen LogP contribution in [0.4, 0.5) is 0 Å². The van der Waals surface area contributed by atoms with E-state index in [2.05, 4.69) is 20.0 Å². The summed E-state index contributed by atoms with van der Waals surface area (Å²) < 4.78 is 9.87. The van der Waals surface area contributed by atoms with Gasteiger partial charge < -0.3 is 10.1 Å². The minimum absolute atomic E-state index is 0.154. The molecule has 1 atom stereocenters. The third-order valence-electron chi connectivity index (χ3n) is 3.64. The first-order chi connectivity index (χ1) is 10.7. The second-order valence-corrected chi connectivity index (χ2v) is 5.32. The zero-order chi connectivity index (χ0) is 15.4. The van der Waals surface area contributed by atoms with Gasteiger partial charge in [-0.25, -0.2) is 4.79 Å². The number of aromatic nitrogens is 2. The van der Waals surface area contributed by atoms with Crippen LogP contribution in [0.25, 0.3) is 11.4 Å². The Labute approximate surface area is 126 Å². The van der Waals surface area contributed by atoms with Gasteiger partial charge in [-0.05, 0) is 30.9 Å². The number of aromatic amines is 1. The molecule has 1 saturated heterocycles. The summed E-state index contributed by atoms with van der Waals surface area (Å²) in [5, 5.41) is 6.53. The Kier molecular flexibility index (Phi) is 4.34. The van der Waals surface area contributed by atoms with Gasteiger partial charge in [-0.1, -0.05) is 17.3 Å². The van der Waals surface area contributed by atoms with E-state index in [0.717, 1.165) is 19.4 Å². The highest BCUT2D eigenvalue weighted by atomic mass is 16.5. The molecule has 116 valence electrons. The topological polar surface area (TPSA) is 97.2 Å². The molecule has 7 nitrogen and oxygen atoms in total. The van der Waals surface area contributed by atoms with Gasteiger partial charge in [0.15, 0.2) is 5.82 Å². The zero-order valence-electron chi connectivity index (χ0n) is 12.0. The van der Waals surface area contributed by atoms with Crippen LogP contribution in [-0.4, -0.2) is 35.8 Å². The Balaban J connectivity index is 1.66. The van der Waals surface area contributed by atoms with Crippen molar-refractivity contribution < 1.29 is 14.1 Å². The Morgan fingerprint density at radius 2 is 2.36 bits per heavy atom. The van der Waals surface area contributed by atoms with Gasteiger partial charge in [0.2, 0.25) is 0 Å². The maximum absolute atomic E-state index is 12.2. The lowest BCUT2D eigenvalue weighted by Crippen LogP contribution is -2.33. The van der Waals surface area contributed by atoms with Gasteiger partial charge in [-0.15, -0.1) is 0 Å². The van der Waals surface area contributed by atoms with Crippen molar-refractivity contribution in [1.29, 1.82) is 0 Å². The summed E-state index contributed by atoms with van der Waals surface area (Å²) in [4.78, 5) is 25.7. The van der Waals surface area contributed by atoms with Crippen LogP contribution in [0.15, 0.2) is 33.6 Å². The fourth-order valence-corrected chi connectivity index (χ4v) is 2.47. The second-order valence-electron chi connectivity index (χ2n) is 5.32. The molecule has 2 heterocycles. The molecule has 0 bridgehead atoms. The Morgan fingerprint density at radius 1 is 1.45 bits per heavy atom. The van der Waals surface area contributed by atoms with Gasteiger partial charge in [0.05, 0.1) is 6.61 Å². The lowest BCUT2D eigenvalue weighted by atomic mass is 10.0. The Hall–Kier alpha value is -2.41. The molecule has 0 aliphatic carbocycles. The molecule has 1 aliphatic rings. The lowest BCUT2D eigenvalue weighted by molar-refractivity contribution is 0.0536. The Morgan fingerprint density at radius 3 is 3.09 bits per heavy atom. The summed E-state index contributed by atoms with van der Waals surface area (Å²) in [6, 6.07) is 6.87. The van der Waals surface area contributed by atoms with E-state index >= 15 is 0 Å². The van der Waals surface area contributed by atoms with Crippen LogP contribution in [0.5, 0.6) is 0 Å². The summed E-state index contributed by atoms with van der Waals surface area (Å²) in [6.45, 7) is 2.10. The summed E-state index contributed by atoms with van der Waals surface area (Å²) in [6.07, 6.45) is 2.11. The highest BCUT2D eigenvalue weighted by Gasteiger charge is 2.16. The van der Waals surface area contributed by atoms with Crippen LogP contribution in [-0.2, 0) is 4.74 Å². The summed E-state index contributed by atoms with van der Waals surface area (Å²) in [5.41, 5.74) is 1.14. The maximum atomic E-state index is 12.2. The summed E-state index contributed by atoms with van der Waals surface area (Å²) >= 11 is 0. The van der Waals surface area contributed by atoms with Gasteiger partial charge in [0.25, 0.3) is 5.91 Å². The summed E-state index contributed by atoms with van der Waals surface area (Å²) in [5.74, 6) is -0.103. The monoisotopic (exact) mass is 303 g/mol. The van der Waals surface area contributed by atoms with E-state index in [-0.39, 0.29) is 5.91 Å². The molecule has 2 N–H and O–H groups in total. The molecule has 0 saturated carbocycles. The first-order valence-electron chi connectivity index (χ1n) is 7.25. The number of H-pyrrole nitrogens is 1. The van der Waals surface area contributed by atoms with Gasteiger partial charge in [-0.2, -0.15) is 0 Å². The van der Waals surface area contributed by atoms with Crippen molar-refractivity contribution in [1.82, 2.24) is 15.5 Å². The highest BCUT2D eigenvalue weighted by molar-refractivity contribution is 5.95. The Bertz CT molecular complexity index is 701. The minimum atomic E-state index is -0.623. The number of carbonyl (C=O) groups excluding carboxylic acids is 1. The van der Waals surface area contributed by atoms with Crippen molar-refractivity contribution in [2.75, 3.05) is 19.8 Å². The quantitative estimate of drug-likeness (QED) is 0.884. The molecule has 0 spiro atoms. The van der Waals surface area contributed by atoms with Crippen LogP contribution in [0.1, 0.15) is 23.2 Å². The zero-order valence-corrected chi connectivity index (χ0v) is 12.0. The smallest absolute Gasteiger partial charge is 0.381 e. The fraction of sp³-hybridized carbons (Fsp3) is 0.400. The molecule has 1 aromatic heterocycles. The highest BCUT2D eigenvalue weighted by Crippen LogP contribution is 2.16. The second kappa shape index (κ2) is 6.57. The minimum Gasteiger partial charge on any atom is -0.381 e. The van der Waals surface area contributed by atoms with Crippen LogP contribution >= 0.6 is 0 Å². The average Bonchev–Trinajstić information content (AvgIpc) is 3.00. The van der Waals surface area contributed by atoms with Crippen molar-refractivity contribution in [3.8, 4) is 11.4 Å². The molecule has 1 amide bonds. The number of nitrogens with one attached hydrogen (secondary N) is 2.